The fourth-order valence-electron chi connectivity index (χ4n) is 4.74. The van der Waals surface area contributed by atoms with Crippen molar-refractivity contribution in [3.8, 4) is 0 Å². The zero-order chi connectivity index (χ0) is 21.6. The van der Waals surface area contributed by atoms with Gasteiger partial charge in [0, 0.05) is 5.69 Å². The van der Waals surface area contributed by atoms with Crippen LogP contribution in [0, 0.1) is 11.3 Å². The van der Waals surface area contributed by atoms with Crippen LogP contribution < -0.4 is 10.6 Å². The molecule has 1 aromatic carbocycles. The van der Waals surface area contributed by atoms with E-state index < -0.39 is 41.7 Å². The lowest BCUT2D eigenvalue weighted by Gasteiger charge is -2.43. The molecule has 29 heavy (non-hydrogen) atoms. The average Bonchev–Trinajstić information content (AvgIpc) is 2.76. The minimum atomic E-state index is -4.47. The van der Waals surface area contributed by atoms with Crippen LogP contribution in [0.3, 0.4) is 0 Å². The maximum atomic E-state index is 13.0. The molecule has 1 aliphatic heterocycles. The fraction of sp³-hybridized carbons (Fsp3) is 0.550. The summed E-state index contributed by atoms with van der Waals surface area (Å²) in [6.45, 7) is 5.62. The van der Waals surface area contributed by atoms with Gasteiger partial charge in [0.15, 0.2) is 0 Å². The molecule has 2 fully saturated rings. The largest absolute Gasteiger partial charge is 0.416 e. The van der Waals surface area contributed by atoms with Gasteiger partial charge >= 0.3 is 12.2 Å². The summed E-state index contributed by atoms with van der Waals surface area (Å²) in [7, 11) is 0. The van der Waals surface area contributed by atoms with Crippen molar-refractivity contribution in [3.63, 3.8) is 0 Å². The van der Waals surface area contributed by atoms with Crippen molar-refractivity contribution in [2.75, 3.05) is 11.9 Å². The van der Waals surface area contributed by atoms with Gasteiger partial charge < -0.3 is 10.6 Å². The molecule has 1 aliphatic carbocycles. The molecule has 0 radical (unpaired) electrons. The molecule has 0 aromatic heterocycles. The smallest absolute Gasteiger partial charge is 0.325 e. The maximum absolute atomic E-state index is 13.0. The van der Waals surface area contributed by atoms with Crippen LogP contribution in [0.5, 0.6) is 0 Å². The molecular weight excluding hydrogens is 387 g/mol. The number of urea groups is 1. The monoisotopic (exact) mass is 411 g/mol. The van der Waals surface area contributed by atoms with E-state index in [1.54, 1.807) is 0 Å². The van der Waals surface area contributed by atoms with E-state index in [1.165, 1.54) is 0 Å². The van der Waals surface area contributed by atoms with Gasteiger partial charge in [-0.2, -0.15) is 13.2 Å². The number of carbonyl (C=O) groups excluding carboxylic acids is 3. The van der Waals surface area contributed by atoms with Crippen molar-refractivity contribution < 1.29 is 27.6 Å². The van der Waals surface area contributed by atoms with Crippen LogP contribution >= 0.6 is 0 Å². The highest BCUT2D eigenvalue weighted by Gasteiger charge is 2.56. The molecule has 1 saturated carbocycles. The number of hydrogen-bond donors (Lipinski definition) is 2. The molecule has 1 aromatic rings. The van der Waals surface area contributed by atoms with Crippen molar-refractivity contribution in [2.45, 2.75) is 51.7 Å². The minimum absolute atomic E-state index is 0.126. The quantitative estimate of drug-likeness (QED) is 0.743. The second kappa shape index (κ2) is 7.03. The number of hydrogen-bond acceptors (Lipinski definition) is 3. The van der Waals surface area contributed by atoms with Gasteiger partial charge in [-0.25, -0.2) is 4.79 Å². The van der Waals surface area contributed by atoms with E-state index in [1.807, 2.05) is 20.8 Å². The standard InChI is InChI=1S/C20H24F3N3O3/c1-12-8-18(2,3)11-19(9-12)16(28)26(17(29)25-19)10-15(27)24-14-6-4-13(5-7-14)20(21,22)23/h4-7,12H,8-11H2,1-3H3,(H,24,27)(H,25,29)/t12-,19+/m1/s1. The van der Waals surface area contributed by atoms with Crippen LogP contribution in [0.25, 0.3) is 0 Å². The number of halogens is 3. The molecule has 1 spiro atoms. The van der Waals surface area contributed by atoms with Crippen molar-refractivity contribution in [1.82, 2.24) is 10.2 Å². The predicted molar refractivity (Wildman–Crippen MR) is 99.8 cm³/mol. The molecule has 1 heterocycles. The normalized spacial score (nSPS) is 26.6. The van der Waals surface area contributed by atoms with Gasteiger partial charge in [0.05, 0.1) is 5.56 Å². The van der Waals surface area contributed by atoms with Gasteiger partial charge in [0.2, 0.25) is 5.91 Å². The third kappa shape index (κ3) is 4.38. The fourth-order valence-corrected chi connectivity index (χ4v) is 4.74. The SMILES string of the molecule is C[C@@H]1CC(C)(C)C[C@]2(C1)NC(=O)N(CC(=O)Nc1ccc(C(F)(F)F)cc1)C2=O. The van der Waals surface area contributed by atoms with Crippen LogP contribution in [-0.2, 0) is 15.8 Å². The third-order valence-electron chi connectivity index (χ3n) is 5.42. The highest BCUT2D eigenvalue weighted by atomic mass is 19.4. The lowest BCUT2D eigenvalue weighted by atomic mass is 9.64. The number of carbonyl (C=O) groups is 3. The Morgan fingerprint density at radius 3 is 2.38 bits per heavy atom. The number of benzene rings is 1. The first kappa shape index (κ1) is 21.1. The van der Waals surface area contributed by atoms with E-state index in [2.05, 4.69) is 10.6 Å². The summed E-state index contributed by atoms with van der Waals surface area (Å²) < 4.78 is 37.9. The van der Waals surface area contributed by atoms with Crippen LogP contribution in [0.2, 0.25) is 0 Å². The molecule has 158 valence electrons. The molecule has 2 N–H and O–H groups in total. The highest BCUT2D eigenvalue weighted by molar-refractivity contribution is 6.10. The molecular formula is C20H24F3N3O3. The number of anilines is 1. The van der Waals surface area contributed by atoms with Gasteiger partial charge in [-0.05, 0) is 54.9 Å². The van der Waals surface area contributed by atoms with Crippen LogP contribution in [-0.4, -0.2) is 34.8 Å². The third-order valence-corrected chi connectivity index (χ3v) is 5.42. The second-order valence-electron chi connectivity index (χ2n) is 8.88. The maximum Gasteiger partial charge on any atom is 0.416 e. The molecule has 3 rings (SSSR count). The molecule has 1 saturated heterocycles. The van der Waals surface area contributed by atoms with Crippen LogP contribution in [0.1, 0.15) is 45.6 Å². The Hall–Kier alpha value is -2.58. The number of alkyl halides is 3. The Morgan fingerprint density at radius 2 is 1.83 bits per heavy atom. The number of amides is 4. The molecule has 9 heteroatoms. The first-order chi connectivity index (χ1) is 13.3. The summed E-state index contributed by atoms with van der Waals surface area (Å²) in [5.74, 6) is -0.845. The summed E-state index contributed by atoms with van der Waals surface area (Å²) in [5, 5.41) is 5.21. The van der Waals surface area contributed by atoms with Gasteiger partial charge in [-0.1, -0.05) is 20.8 Å². The lowest BCUT2D eigenvalue weighted by molar-refractivity contribution is -0.137. The zero-order valence-corrected chi connectivity index (χ0v) is 16.5. The van der Waals surface area contributed by atoms with E-state index in [9.17, 15) is 27.6 Å². The summed E-state index contributed by atoms with van der Waals surface area (Å²) in [6.07, 6.45) is -2.53. The zero-order valence-electron chi connectivity index (χ0n) is 16.5. The van der Waals surface area contributed by atoms with Gasteiger partial charge in [0.25, 0.3) is 5.91 Å². The van der Waals surface area contributed by atoms with E-state index in [4.69, 9.17) is 0 Å². The number of nitrogens with zero attached hydrogens (tertiary/aromatic N) is 1. The summed E-state index contributed by atoms with van der Waals surface area (Å²) in [5.41, 5.74) is -1.82. The van der Waals surface area contributed by atoms with Gasteiger partial charge in [0.1, 0.15) is 12.1 Å². The first-order valence-corrected chi connectivity index (χ1v) is 9.43. The Bertz CT molecular complexity index is 836. The van der Waals surface area contributed by atoms with Crippen molar-refractivity contribution in [3.05, 3.63) is 29.8 Å². The summed E-state index contributed by atoms with van der Waals surface area (Å²) in [4.78, 5) is 38.6. The molecule has 2 aliphatic rings. The van der Waals surface area contributed by atoms with E-state index in [0.717, 1.165) is 35.6 Å². The molecule has 0 bridgehead atoms. The predicted octanol–water partition coefficient (Wildman–Crippen LogP) is 3.78. The molecule has 0 unspecified atom stereocenters. The van der Waals surface area contributed by atoms with Gasteiger partial charge in [-0.3, -0.25) is 14.5 Å². The molecule has 4 amide bonds. The van der Waals surface area contributed by atoms with Gasteiger partial charge in [-0.15, -0.1) is 0 Å². The van der Waals surface area contributed by atoms with E-state index >= 15 is 0 Å². The molecule has 2 atom stereocenters. The lowest BCUT2D eigenvalue weighted by Crippen LogP contribution is -2.54. The Kier molecular flexibility index (Phi) is 5.13. The summed E-state index contributed by atoms with van der Waals surface area (Å²) >= 11 is 0. The summed E-state index contributed by atoms with van der Waals surface area (Å²) in [6, 6.07) is 3.33. The number of imide groups is 1. The molecule has 6 nitrogen and oxygen atoms in total. The van der Waals surface area contributed by atoms with E-state index in [-0.39, 0.29) is 17.0 Å². The highest BCUT2D eigenvalue weighted by Crippen LogP contribution is 2.46. The van der Waals surface area contributed by atoms with Crippen molar-refractivity contribution in [1.29, 1.82) is 0 Å². The van der Waals surface area contributed by atoms with E-state index in [0.29, 0.717) is 12.8 Å². The Morgan fingerprint density at radius 1 is 1.21 bits per heavy atom. The van der Waals surface area contributed by atoms with Crippen LogP contribution in [0.15, 0.2) is 24.3 Å². The van der Waals surface area contributed by atoms with Crippen LogP contribution in [0.4, 0.5) is 23.7 Å². The van der Waals surface area contributed by atoms with Crippen molar-refractivity contribution in [2.24, 2.45) is 11.3 Å². The number of nitrogens with one attached hydrogen (secondary N) is 2. The number of rotatable bonds is 3. The van der Waals surface area contributed by atoms with Crippen molar-refractivity contribution >= 4 is 23.5 Å². The Labute approximate surface area is 166 Å². The minimum Gasteiger partial charge on any atom is -0.325 e. The first-order valence-electron chi connectivity index (χ1n) is 9.43. The second-order valence-corrected chi connectivity index (χ2v) is 8.88. The average molecular weight is 411 g/mol. The Balaban J connectivity index is 1.68. The topological polar surface area (TPSA) is 78.5 Å².